The Hall–Kier alpha value is -3.10. The van der Waals surface area contributed by atoms with Gasteiger partial charge < -0.3 is 20.9 Å². The number of amides is 3. The van der Waals surface area contributed by atoms with E-state index in [2.05, 4.69) is 52.4 Å². The largest absolute Gasteiger partial charge is 0.367 e. The van der Waals surface area contributed by atoms with E-state index in [0.29, 0.717) is 24.7 Å². The zero-order valence-electron chi connectivity index (χ0n) is 22.6. The zero-order valence-corrected chi connectivity index (χ0v) is 22.6. The van der Waals surface area contributed by atoms with E-state index in [-0.39, 0.29) is 11.9 Å². The smallest absolute Gasteiger partial charge is 0.319 e. The Morgan fingerprint density at radius 1 is 0.921 bits per heavy atom. The molecule has 2 saturated heterocycles. The van der Waals surface area contributed by atoms with E-state index < -0.39 is 6.03 Å². The SMILES string of the molecule is CC(c1ccccc1)N1CCN(c2ccc(C(=O)N3CCNCC3)cc2N(C(N)=O)C2CCCCC2)CC1. The second-order valence-corrected chi connectivity index (χ2v) is 10.9. The molecule has 8 heteroatoms. The summed E-state index contributed by atoms with van der Waals surface area (Å²) in [4.78, 5) is 34.9. The Bertz CT molecular complexity index is 1090. The van der Waals surface area contributed by atoms with Crippen LogP contribution in [0.4, 0.5) is 16.2 Å². The van der Waals surface area contributed by atoms with E-state index in [4.69, 9.17) is 5.73 Å². The van der Waals surface area contributed by atoms with Gasteiger partial charge in [-0.3, -0.25) is 14.6 Å². The van der Waals surface area contributed by atoms with Crippen LogP contribution in [0.1, 0.15) is 61.0 Å². The number of primary amides is 1. The van der Waals surface area contributed by atoms with Crippen LogP contribution in [0.15, 0.2) is 48.5 Å². The van der Waals surface area contributed by atoms with E-state index in [1.807, 2.05) is 23.1 Å². The van der Waals surface area contributed by atoms with Crippen LogP contribution >= 0.6 is 0 Å². The lowest BCUT2D eigenvalue weighted by Crippen LogP contribution is -2.49. The van der Waals surface area contributed by atoms with Gasteiger partial charge >= 0.3 is 6.03 Å². The van der Waals surface area contributed by atoms with Crippen molar-refractivity contribution >= 4 is 23.3 Å². The molecule has 2 aromatic rings. The van der Waals surface area contributed by atoms with E-state index >= 15 is 0 Å². The standard InChI is InChI=1S/C30H42N6O2/c1-23(24-8-4-2-5-9-24)33-18-20-34(21-19-33)27-13-12-25(29(37)35-16-14-32-15-17-35)22-28(27)36(30(31)38)26-10-6-3-7-11-26/h2,4-5,8-9,12-13,22-23,26,32H,3,6-7,10-11,14-21H2,1H3,(H2,31,38). The van der Waals surface area contributed by atoms with Crippen LogP contribution < -0.4 is 20.9 Å². The lowest BCUT2D eigenvalue weighted by Gasteiger charge is -2.42. The first-order chi connectivity index (χ1) is 18.5. The van der Waals surface area contributed by atoms with Crippen molar-refractivity contribution in [3.8, 4) is 0 Å². The minimum atomic E-state index is -0.429. The predicted molar refractivity (Wildman–Crippen MR) is 153 cm³/mol. The second-order valence-electron chi connectivity index (χ2n) is 10.9. The number of benzene rings is 2. The number of nitrogens with zero attached hydrogens (tertiary/aromatic N) is 4. The van der Waals surface area contributed by atoms with Crippen molar-refractivity contribution in [2.75, 3.05) is 62.2 Å². The van der Waals surface area contributed by atoms with Gasteiger partial charge in [0.2, 0.25) is 0 Å². The molecule has 3 amide bonds. The van der Waals surface area contributed by atoms with Gasteiger partial charge in [0.05, 0.1) is 11.4 Å². The molecule has 0 aromatic heterocycles. The molecule has 2 aliphatic heterocycles. The molecule has 3 N–H and O–H groups in total. The molecule has 1 atom stereocenters. The van der Waals surface area contributed by atoms with Crippen molar-refractivity contribution in [1.82, 2.24) is 15.1 Å². The van der Waals surface area contributed by atoms with Crippen LogP contribution in [0.5, 0.6) is 0 Å². The third-order valence-corrected chi connectivity index (χ3v) is 8.55. The average molecular weight is 519 g/mol. The van der Waals surface area contributed by atoms with E-state index in [0.717, 1.165) is 76.3 Å². The molecule has 2 aromatic carbocycles. The summed E-state index contributed by atoms with van der Waals surface area (Å²) in [5.41, 5.74) is 9.79. The molecule has 1 aliphatic carbocycles. The molecule has 0 bridgehead atoms. The van der Waals surface area contributed by atoms with Gasteiger partial charge in [-0.2, -0.15) is 0 Å². The van der Waals surface area contributed by atoms with Crippen LogP contribution in [-0.4, -0.2) is 80.1 Å². The van der Waals surface area contributed by atoms with Crippen molar-refractivity contribution in [2.45, 2.75) is 51.1 Å². The molecule has 5 rings (SSSR count). The van der Waals surface area contributed by atoms with Gasteiger partial charge in [-0.25, -0.2) is 4.79 Å². The molecule has 0 radical (unpaired) electrons. The highest BCUT2D eigenvalue weighted by Gasteiger charge is 2.31. The van der Waals surface area contributed by atoms with Crippen molar-refractivity contribution in [2.24, 2.45) is 5.73 Å². The molecular formula is C30H42N6O2. The third-order valence-electron chi connectivity index (χ3n) is 8.55. The first kappa shape index (κ1) is 26.5. The summed E-state index contributed by atoms with van der Waals surface area (Å²) < 4.78 is 0. The van der Waals surface area contributed by atoms with Gasteiger partial charge in [-0.15, -0.1) is 0 Å². The Labute approximate surface area is 226 Å². The quantitative estimate of drug-likeness (QED) is 0.607. The van der Waals surface area contributed by atoms with Crippen molar-refractivity contribution in [3.63, 3.8) is 0 Å². The molecule has 1 saturated carbocycles. The average Bonchev–Trinajstić information content (AvgIpc) is 2.98. The Morgan fingerprint density at radius 2 is 1.61 bits per heavy atom. The van der Waals surface area contributed by atoms with Gasteiger partial charge in [0, 0.05) is 70.0 Å². The number of carbonyl (C=O) groups excluding carboxylic acids is 2. The predicted octanol–water partition coefficient (Wildman–Crippen LogP) is 3.83. The Balaban J connectivity index is 1.41. The van der Waals surface area contributed by atoms with Gasteiger partial charge in [-0.1, -0.05) is 49.6 Å². The number of urea groups is 1. The fraction of sp³-hybridized carbons (Fsp3) is 0.533. The Kier molecular flexibility index (Phi) is 8.49. The molecule has 204 valence electrons. The van der Waals surface area contributed by atoms with Crippen LogP contribution in [0, 0.1) is 0 Å². The fourth-order valence-corrected chi connectivity index (χ4v) is 6.29. The molecule has 3 fully saturated rings. The summed E-state index contributed by atoms with van der Waals surface area (Å²) in [5, 5.41) is 3.31. The third kappa shape index (κ3) is 5.81. The minimum Gasteiger partial charge on any atom is -0.367 e. The van der Waals surface area contributed by atoms with Gasteiger partial charge in [0.25, 0.3) is 5.91 Å². The highest BCUT2D eigenvalue weighted by atomic mass is 16.2. The normalized spacial score (nSPS) is 20.2. The summed E-state index contributed by atoms with van der Waals surface area (Å²) in [6.45, 7) is 8.83. The van der Waals surface area contributed by atoms with Crippen molar-refractivity contribution in [3.05, 3.63) is 59.7 Å². The zero-order chi connectivity index (χ0) is 26.5. The van der Waals surface area contributed by atoms with Gasteiger partial charge in [0.1, 0.15) is 0 Å². The number of nitrogens with two attached hydrogens (primary N) is 1. The molecule has 1 unspecified atom stereocenters. The minimum absolute atomic E-state index is 0.0221. The topological polar surface area (TPSA) is 85.2 Å². The molecular weight excluding hydrogens is 476 g/mol. The summed E-state index contributed by atoms with van der Waals surface area (Å²) in [7, 11) is 0. The molecule has 0 spiro atoms. The van der Waals surface area contributed by atoms with E-state index in [1.165, 1.54) is 12.0 Å². The maximum atomic E-state index is 13.4. The first-order valence-corrected chi connectivity index (χ1v) is 14.3. The lowest BCUT2D eigenvalue weighted by molar-refractivity contribution is 0.0736. The maximum Gasteiger partial charge on any atom is 0.319 e. The molecule has 8 nitrogen and oxygen atoms in total. The van der Waals surface area contributed by atoms with Crippen LogP contribution in [0.2, 0.25) is 0 Å². The maximum absolute atomic E-state index is 13.4. The lowest BCUT2D eigenvalue weighted by atomic mass is 9.93. The number of rotatable bonds is 6. The molecule has 3 aliphatic rings. The van der Waals surface area contributed by atoms with Crippen molar-refractivity contribution < 1.29 is 9.59 Å². The fourth-order valence-electron chi connectivity index (χ4n) is 6.29. The summed E-state index contributed by atoms with van der Waals surface area (Å²) in [5.74, 6) is 0.0221. The summed E-state index contributed by atoms with van der Waals surface area (Å²) in [6.07, 6.45) is 5.28. The highest BCUT2D eigenvalue weighted by molar-refractivity contribution is 6.00. The van der Waals surface area contributed by atoms with E-state index in [1.54, 1.807) is 4.90 Å². The second kappa shape index (κ2) is 12.2. The van der Waals surface area contributed by atoms with Gasteiger partial charge in [-0.05, 0) is 43.5 Å². The number of nitrogens with one attached hydrogen (secondary N) is 1. The number of piperazine rings is 2. The van der Waals surface area contributed by atoms with Crippen LogP contribution in [0.3, 0.4) is 0 Å². The number of anilines is 2. The highest BCUT2D eigenvalue weighted by Crippen LogP contribution is 2.37. The number of hydrogen-bond donors (Lipinski definition) is 2. The van der Waals surface area contributed by atoms with E-state index in [9.17, 15) is 9.59 Å². The number of hydrogen-bond acceptors (Lipinski definition) is 5. The Morgan fingerprint density at radius 3 is 2.26 bits per heavy atom. The summed E-state index contributed by atoms with van der Waals surface area (Å²) in [6, 6.07) is 16.5. The first-order valence-electron chi connectivity index (χ1n) is 14.3. The molecule has 2 heterocycles. The van der Waals surface area contributed by atoms with Crippen LogP contribution in [-0.2, 0) is 0 Å². The van der Waals surface area contributed by atoms with Crippen molar-refractivity contribution in [1.29, 1.82) is 0 Å². The summed E-state index contributed by atoms with van der Waals surface area (Å²) >= 11 is 0. The number of carbonyl (C=O) groups is 2. The monoisotopic (exact) mass is 518 g/mol. The molecule has 38 heavy (non-hydrogen) atoms. The van der Waals surface area contributed by atoms with Gasteiger partial charge in [0.15, 0.2) is 0 Å². The van der Waals surface area contributed by atoms with Crippen LogP contribution in [0.25, 0.3) is 0 Å².